The lowest BCUT2D eigenvalue weighted by molar-refractivity contribution is 0.181. The van der Waals surface area contributed by atoms with Gasteiger partial charge in [-0.3, -0.25) is 0 Å². The topological polar surface area (TPSA) is 151 Å². The second kappa shape index (κ2) is 9.13. The van der Waals surface area contributed by atoms with Gasteiger partial charge in [0.2, 0.25) is 0 Å². The molecular weight excluding hydrogens is 311 g/mol. The van der Waals surface area contributed by atoms with Gasteiger partial charge in [0, 0.05) is 38.8 Å². The van der Waals surface area contributed by atoms with Gasteiger partial charge in [-0.1, -0.05) is 6.42 Å². The van der Waals surface area contributed by atoms with Crippen molar-refractivity contribution in [3.8, 4) is 0 Å². The molecule has 0 aromatic carbocycles. The summed E-state index contributed by atoms with van der Waals surface area (Å²) < 4.78 is 33.0. The molecule has 11 heteroatoms. The van der Waals surface area contributed by atoms with Gasteiger partial charge in [-0.15, -0.1) is 0 Å². The van der Waals surface area contributed by atoms with Crippen LogP contribution in [-0.2, 0) is 14.9 Å². The summed E-state index contributed by atoms with van der Waals surface area (Å²) in [7, 11) is -3.44. The number of ether oxygens (including phenoxy) is 1. The summed E-state index contributed by atoms with van der Waals surface area (Å²) in [5.41, 5.74) is 11.7. The van der Waals surface area contributed by atoms with Crippen LogP contribution in [0.15, 0.2) is 0 Å². The van der Waals surface area contributed by atoms with Crippen molar-refractivity contribution in [3.63, 3.8) is 0 Å². The van der Waals surface area contributed by atoms with E-state index in [2.05, 4.69) is 4.72 Å². The molecule has 1 aliphatic heterocycles. The molecule has 0 aromatic rings. The molecule has 0 spiro atoms. The highest BCUT2D eigenvalue weighted by atomic mass is 32.2. The second-order valence-electron chi connectivity index (χ2n) is 5.72. The normalized spacial score (nSPS) is 24.6. The molecule has 0 unspecified atom stereocenters. The van der Waals surface area contributed by atoms with E-state index in [1.807, 2.05) is 0 Å². The Morgan fingerprint density at radius 3 is 2.73 bits per heavy atom. The standard InChI is InChI=1S/C11H27BN4O5S/c1-21-8-10(13)5-15-22(19,20)16-6-9(11(14)7-16)3-2-4-12(17)18/h9-11,15,17-18H,2-8,13-14H2,1H3/t9-,10-,11-/m0/s1. The lowest BCUT2D eigenvalue weighted by Gasteiger charge is -2.19. The SMILES string of the molecule is COC[C@@H](N)CNS(=O)(=O)N1C[C@H](CCCB(O)O)[C@@H](N)C1. The molecule has 1 heterocycles. The minimum Gasteiger partial charge on any atom is -0.427 e. The smallest absolute Gasteiger partial charge is 0.427 e. The first-order valence-corrected chi connectivity index (χ1v) is 8.81. The van der Waals surface area contributed by atoms with Gasteiger partial charge in [0.15, 0.2) is 0 Å². The Bertz CT molecular complexity index is 425. The van der Waals surface area contributed by atoms with Crippen LogP contribution in [-0.4, -0.2) is 75.3 Å². The third kappa shape index (κ3) is 6.46. The Morgan fingerprint density at radius 2 is 2.14 bits per heavy atom. The fourth-order valence-electron chi connectivity index (χ4n) is 2.50. The van der Waals surface area contributed by atoms with E-state index in [-0.39, 0.29) is 38.0 Å². The van der Waals surface area contributed by atoms with E-state index in [1.165, 1.54) is 11.4 Å². The van der Waals surface area contributed by atoms with Crippen LogP contribution in [0.1, 0.15) is 12.8 Å². The molecule has 0 aromatic heterocycles. The number of methoxy groups -OCH3 is 1. The van der Waals surface area contributed by atoms with E-state index >= 15 is 0 Å². The zero-order chi connectivity index (χ0) is 16.8. The minimum absolute atomic E-state index is 0.0166. The monoisotopic (exact) mass is 338 g/mol. The Kier molecular flexibility index (Phi) is 8.21. The molecular formula is C11H27BN4O5S. The van der Waals surface area contributed by atoms with Crippen molar-refractivity contribution in [2.45, 2.75) is 31.2 Å². The molecule has 1 fully saturated rings. The van der Waals surface area contributed by atoms with Crippen LogP contribution in [0.25, 0.3) is 0 Å². The zero-order valence-corrected chi connectivity index (χ0v) is 13.7. The lowest BCUT2D eigenvalue weighted by Crippen LogP contribution is -2.46. The van der Waals surface area contributed by atoms with Crippen molar-refractivity contribution in [1.82, 2.24) is 9.03 Å². The highest BCUT2D eigenvalue weighted by molar-refractivity contribution is 7.87. The summed E-state index contributed by atoms with van der Waals surface area (Å²) in [6, 6.07) is -0.655. The quantitative estimate of drug-likeness (QED) is 0.272. The van der Waals surface area contributed by atoms with E-state index in [9.17, 15) is 8.42 Å². The summed E-state index contributed by atoms with van der Waals surface area (Å²) in [4.78, 5) is 0. The highest BCUT2D eigenvalue weighted by Crippen LogP contribution is 2.23. The minimum atomic E-state index is -3.61. The predicted molar refractivity (Wildman–Crippen MR) is 84.0 cm³/mol. The Balaban J connectivity index is 2.45. The van der Waals surface area contributed by atoms with Crippen molar-refractivity contribution in [1.29, 1.82) is 0 Å². The van der Waals surface area contributed by atoms with Crippen LogP contribution in [0, 0.1) is 5.92 Å². The van der Waals surface area contributed by atoms with Gasteiger partial charge in [-0.05, 0) is 18.7 Å². The first kappa shape index (κ1) is 19.8. The number of rotatable bonds is 10. The van der Waals surface area contributed by atoms with Crippen LogP contribution in [0.5, 0.6) is 0 Å². The van der Waals surface area contributed by atoms with Crippen LogP contribution in [0.4, 0.5) is 0 Å². The summed E-state index contributed by atoms with van der Waals surface area (Å²) in [5, 5.41) is 17.7. The number of hydrogen-bond donors (Lipinski definition) is 5. The number of nitrogens with two attached hydrogens (primary N) is 2. The van der Waals surface area contributed by atoms with Crippen LogP contribution in [0.2, 0.25) is 6.32 Å². The van der Waals surface area contributed by atoms with E-state index in [1.54, 1.807) is 0 Å². The number of nitrogens with zero attached hydrogens (tertiary/aromatic N) is 1. The van der Waals surface area contributed by atoms with Gasteiger partial charge in [0.1, 0.15) is 0 Å². The molecule has 130 valence electrons. The van der Waals surface area contributed by atoms with Crippen molar-refractivity contribution in [2.24, 2.45) is 17.4 Å². The lowest BCUT2D eigenvalue weighted by atomic mass is 9.82. The molecule has 1 saturated heterocycles. The maximum absolute atomic E-state index is 12.2. The zero-order valence-electron chi connectivity index (χ0n) is 12.9. The van der Waals surface area contributed by atoms with Gasteiger partial charge in [-0.2, -0.15) is 12.7 Å². The molecule has 0 saturated carbocycles. The summed E-state index contributed by atoms with van der Waals surface area (Å²) in [5.74, 6) is 0.0166. The van der Waals surface area contributed by atoms with E-state index < -0.39 is 23.4 Å². The van der Waals surface area contributed by atoms with Gasteiger partial charge >= 0.3 is 7.12 Å². The van der Waals surface area contributed by atoms with E-state index in [0.29, 0.717) is 19.4 Å². The summed E-state index contributed by atoms with van der Waals surface area (Å²) in [6.07, 6.45) is 1.52. The van der Waals surface area contributed by atoms with Gasteiger partial charge < -0.3 is 26.3 Å². The maximum Gasteiger partial charge on any atom is 0.451 e. The largest absolute Gasteiger partial charge is 0.451 e. The van der Waals surface area contributed by atoms with Crippen LogP contribution < -0.4 is 16.2 Å². The molecule has 0 amide bonds. The highest BCUT2D eigenvalue weighted by Gasteiger charge is 2.36. The van der Waals surface area contributed by atoms with E-state index in [0.717, 1.165) is 0 Å². The molecule has 0 bridgehead atoms. The van der Waals surface area contributed by atoms with Crippen LogP contribution in [0.3, 0.4) is 0 Å². The van der Waals surface area contributed by atoms with Crippen molar-refractivity contribution < 1.29 is 23.2 Å². The fraction of sp³-hybridized carbons (Fsp3) is 1.00. The second-order valence-corrected chi connectivity index (χ2v) is 7.48. The third-order valence-corrected chi connectivity index (χ3v) is 5.25. The molecule has 22 heavy (non-hydrogen) atoms. The van der Waals surface area contributed by atoms with Crippen LogP contribution >= 0.6 is 0 Å². The average molecular weight is 338 g/mol. The van der Waals surface area contributed by atoms with Gasteiger partial charge in [0.05, 0.1) is 6.61 Å². The third-order valence-electron chi connectivity index (χ3n) is 3.74. The molecule has 9 nitrogen and oxygen atoms in total. The summed E-state index contributed by atoms with van der Waals surface area (Å²) in [6.45, 7) is 0.955. The first-order valence-electron chi connectivity index (χ1n) is 7.37. The summed E-state index contributed by atoms with van der Waals surface area (Å²) >= 11 is 0. The predicted octanol–water partition coefficient (Wildman–Crippen LogP) is -2.69. The number of nitrogens with one attached hydrogen (secondary N) is 1. The fourth-order valence-corrected chi connectivity index (χ4v) is 3.86. The van der Waals surface area contributed by atoms with Crippen molar-refractivity contribution in [3.05, 3.63) is 0 Å². The van der Waals surface area contributed by atoms with Gasteiger partial charge in [0.25, 0.3) is 10.2 Å². The number of hydrogen-bond acceptors (Lipinski definition) is 7. The molecule has 1 rings (SSSR count). The Hall–Kier alpha value is -0.265. The van der Waals surface area contributed by atoms with Gasteiger partial charge in [-0.25, -0.2) is 4.72 Å². The maximum atomic E-state index is 12.2. The Labute approximate surface area is 132 Å². The molecule has 0 radical (unpaired) electrons. The molecule has 0 aliphatic carbocycles. The van der Waals surface area contributed by atoms with Crippen molar-refractivity contribution in [2.75, 3.05) is 33.4 Å². The Morgan fingerprint density at radius 1 is 1.45 bits per heavy atom. The van der Waals surface area contributed by atoms with E-state index in [4.69, 9.17) is 26.3 Å². The average Bonchev–Trinajstić information content (AvgIpc) is 2.79. The molecule has 7 N–H and O–H groups in total. The first-order chi connectivity index (χ1) is 10.3. The molecule has 3 atom stereocenters. The van der Waals surface area contributed by atoms with Crippen molar-refractivity contribution >= 4 is 17.3 Å². The molecule has 1 aliphatic rings.